The number of benzene rings is 2. The van der Waals surface area contributed by atoms with Gasteiger partial charge in [0.05, 0.1) is 33.6 Å². The monoisotopic (exact) mass is 449 g/mol. The summed E-state index contributed by atoms with van der Waals surface area (Å²) >= 11 is 12.1. The van der Waals surface area contributed by atoms with Gasteiger partial charge >= 0.3 is 0 Å². The van der Waals surface area contributed by atoms with Gasteiger partial charge in [-0.2, -0.15) is 9.78 Å². The fourth-order valence-electron chi connectivity index (χ4n) is 2.64. The lowest BCUT2D eigenvalue weighted by molar-refractivity contribution is 0.0871. The summed E-state index contributed by atoms with van der Waals surface area (Å²) in [5.41, 5.74) is -0.0403. The molecule has 2 N–H and O–H groups in total. The predicted molar refractivity (Wildman–Crippen MR) is 114 cm³/mol. The zero-order valence-corrected chi connectivity index (χ0v) is 17.6. The van der Waals surface area contributed by atoms with Crippen molar-refractivity contribution in [3.05, 3.63) is 80.3 Å². The highest BCUT2D eigenvalue weighted by Crippen LogP contribution is 2.27. The predicted octanol–water partition coefficient (Wildman–Crippen LogP) is 3.84. The van der Waals surface area contributed by atoms with Crippen molar-refractivity contribution in [3.8, 4) is 16.9 Å². The van der Waals surface area contributed by atoms with E-state index < -0.39 is 29.4 Å². The van der Waals surface area contributed by atoms with Crippen LogP contribution < -0.4 is 10.9 Å². The van der Waals surface area contributed by atoms with Crippen LogP contribution in [0.3, 0.4) is 0 Å². The zero-order valence-electron chi connectivity index (χ0n) is 16.1. The van der Waals surface area contributed by atoms with Gasteiger partial charge in [0.1, 0.15) is 11.4 Å². The first-order chi connectivity index (χ1) is 14.2. The minimum atomic E-state index is -0.823. The summed E-state index contributed by atoms with van der Waals surface area (Å²) in [6.07, 6.45) is -0.823. The van der Waals surface area contributed by atoms with Gasteiger partial charge < -0.3 is 10.4 Å². The summed E-state index contributed by atoms with van der Waals surface area (Å²) in [6, 6.07) is 10.8. The van der Waals surface area contributed by atoms with Gasteiger partial charge in [-0.3, -0.25) is 9.59 Å². The Bertz CT molecular complexity index is 1160. The molecule has 0 aliphatic rings. The Morgan fingerprint density at radius 3 is 2.50 bits per heavy atom. The maximum atomic E-state index is 13.7. The van der Waals surface area contributed by atoms with Crippen molar-refractivity contribution >= 4 is 29.1 Å². The summed E-state index contributed by atoms with van der Waals surface area (Å²) in [5, 5.41) is 17.1. The van der Waals surface area contributed by atoms with Gasteiger partial charge in [0.2, 0.25) is 0 Å². The minimum Gasteiger partial charge on any atom is -0.391 e. The lowest BCUT2D eigenvalue weighted by Gasteiger charge is -2.17. The van der Waals surface area contributed by atoms with E-state index in [1.807, 2.05) is 0 Å². The van der Waals surface area contributed by atoms with Gasteiger partial charge in [0.15, 0.2) is 0 Å². The second-order valence-corrected chi connectivity index (χ2v) is 7.59. The number of aromatic nitrogens is 2. The van der Waals surface area contributed by atoms with Gasteiger partial charge in [-0.05, 0) is 50.2 Å². The average molecular weight is 450 g/mol. The van der Waals surface area contributed by atoms with Crippen LogP contribution >= 0.6 is 23.2 Å². The second-order valence-electron chi connectivity index (χ2n) is 6.77. The Hall–Kier alpha value is -2.74. The topological polar surface area (TPSA) is 84.2 Å². The molecule has 3 rings (SSSR count). The van der Waals surface area contributed by atoms with Crippen LogP contribution in [0.25, 0.3) is 16.9 Å². The van der Waals surface area contributed by atoms with Gasteiger partial charge in [-0.25, -0.2) is 4.39 Å². The van der Waals surface area contributed by atoms with Crippen LogP contribution in [0.4, 0.5) is 4.39 Å². The number of hydrogen-bond acceptors (Lipinski definition) is 4. The highest BCUT2D eigenvalue weighted by atomic mass is 35.5. The minimum absolute atomic E-state index is 0.152. The molecule has 156 valence electrons. The van der Waals surface area contributed by atoms with Crippen LogP contribution in [0.1, 0.15) is 24.2 Å². The Kier molecular flexibility index (Phi) is 6.55. The summed E-state index contributed by atoms with van der Waals surface area (Å²) in [6.45, 7) is 3.12. The molecule has 1 amide bonds. The summed E-state index contributed by atoms with van der Waals surface area (Å²) in [7, 11) is 0. The number of amides is 1. The van der Waals surface area contributed by atoms with Crippen LogP contribution in [-0.4, -0.2) is 32.9 Å². The SMILES string of the molecule is CC(O)[C@H](C)NC(=O)c1cc(-c2ccc(Cl)c(Cl)c2)nn(-c2cccc(F)c2)c1=O. The lowest BCUT2D eigenvalue weighted by atomic mass is 10.1. The van der Waals surface area contributed by atoms with E-state index in [0.717, 1.165) is 10.7 Å². The van der Waals surface area contributed by atoms with Crippen LogP contribution in [0.15, 0.2) is 53.3 Å². The van der Waals surface area contributed by atoms with Crippen molar-refractivity contribution in [1.29, 1.82) is 0 Å². The van der Waals surface area contributed by atoms with Gasteiger partial charge in [0, 0.05) is 5.56 Å². The molecule has 0 fully saturated rings. The first-order valence-electron chi connectivity index (χ1n) is 9.02. The van der Waals surface area contributed by atoms with Crippen LogP contribution in [-0.2, 0) is 0 Å². The molecule has 30 heavy (non-hydrogen) atoms. The first kappa shape index (κ1) is 22.0. The summed E-state index contributed by atoms with van der Waals surface area (Å²) < 4.78 is 14.7. The molecule has 0 saturated carbocycles. The molecule has 2 aromatic carbocycles. The van der Waals surface area contributed by atoms with Crippen LogP contribution in [0.5, 0.6) is 0 Å². The number of rotatable bonds is 5. The molecule has 6 nitrogen and oxygen atoms in total. The lowest BCUT2D eigenvalue weighted by Crippen LogP contribution is -2.42. The van der Waals surface area contributed by atoms with Crippen molar-refractivity contribution in [2.75, 3.05) is 0 Å². The van der Waals surface area contributed by atoms with E-state index in [9.17, 15) is 19.1 Å². The molecule has 1 unspecified atom stereocenters. The fraction of sp³-hybridized carbons (Fsp3) is 0.190. The van der Waals surface area contributed by atoms with Crippen molar-refractivity contribution in [2.45, 2.75) is 26.0 Å². The van der Waals surface area contributed by atoms with Crippen molar-refractivity contribution < 1.29 is 14.3 Å². The molecular formula is C21H18Cl2FN3O3. The first-order valence-corrected chi connectivity index (χ1v) is 9.77. The van der Waals surface area contributed by atoms with E-state index in [0.29, 0.717) is 10.6 Å². The Morgan fingerprint density at radius 1 is 1.13 bits per heavy atom. The summed E-state index contributed by atoms with van der Waals surface area (Å²) in [4.78, 5) is 25.7. The number of halogens is 3. The standard InChI is InChI=1S/C21H18Cl2FN3O3/c1-11(12(2)28)25-20(29)16-10-19(13-6-7-17(22)18(23)8-13)26-27(21(16)30)15-5-3-4-14(24)9-15/h3-12,28H,1-2H3,(H,25,29)/t11-,12?/m0/s1. The molecule has 0 aliphatic heterocycles. The highest BCUT2D eigenvalue weighted by molar-refractivity contribution is 6.42. The van der Waals surface area contributed by atoms with Crippen molar-refractivity contribution in [2.24, 2.45) is 0 Å². The number of aliphatic hydroxyl groups excluding tert-OH is 1. The Morgan fingerprint density at radius 2 is 1.87 bits per heavy atom. The number of carbonyl (C=O) groups is 1. The molecule has 0 saturated heterocycles. The third-order valence-corrected chi connectivity index (χ3v) is 5.25. The van der Waals surface area contributed by atoms with E-state index in [4.69, 9.17) is 23.2 Å². The maximum absolute atomic E-state index is 13.7. The number of nitrogens with one attached hydrogen (secondary N) is 1. The number of nitrogens with zero attached hydrogens (tertiary/aromatic N) is 2. The molecule has 0 spiro atoms. The Labute approximate surface area is 181 Å². The molecule has 3 aromatic rings. The van der Waals surface area contributed by atoms with E-state index in [2.05, 4.69) is 10.4 Å². The smallest absolute Gasteiger partial charge is 0.284 e. The van der Waals surface area contributed by atoms with E-state index in [1.54, 1.807) is 25.1 Å². The molecule has 2 atom stereocenters. The molecule has 1 aromatic heterocycles. The quantitative estimate of drug-likeness (QED) is 0.619. The number of hydrogen-bond donors (Lipinski definition) is 2. The second kappa shape index (κ2) is 8.95. The molecule has 0 bridgehead atoms. The van der Waals surface area contributed by atoms with E-state index >= 15 is 0 Å². The van der Waals surface area contributed by atoms with Gasteiger partial charge in [-0.1, -0.05) is 35.3 Å². The van der Waals surface area contributed by atoms with Crippen molar-refractivity contribution in [3.63, 3.8) is 0 Å². The number of carbonyl (C=O) groups excluding carboxylic acids is 1. The molecule has 1 heterocycles. The van der Waals surface area contributed by atoms with E-state index in [-0.39, 0.29) is 22.0 Å². The third kappa shape index (κ3) is 4.70. The van der Waals surface area contributed by atoms with Crippen LogP contribution in [0, 0.1) is 5.82 Å². The molecule has 9 heteroatoms. The third-order valence-electron chi connectivity index (χ3n) is 4.51. The van der Waals surface area contributed by atoms with Gasteiger partial charge in [0.25, 0.3) is 11.5 Å². The number of aliphatic hydroxyl groups is 1. The average Bonchev–Trinajstić information content (AvgIpc) is 2.70. The van der Waals surface area contributed by atoms with Crippen molar-refractivity contribution in [1.82, 2.24) is 15.1 Å². The maximum Gasteiger partial charge on any atom is 0.284 e. The largest absolute Gasteiger partial charge is 0.391 e. The molecule has 0 radical (unpaired) electrons. The zero-order chi connectivity index (χ0) is 22.0. The molecule has 0 aliphatic carbocycles. The normalized spacial score (nSPS) is 13.0. The van der Waals surface area contributed by atoms with E-state index in [1.165, 1.54) is 31.2 Å². The van der Waals surface area contributed by atoms with Gasteiger partial charge in [-0.15, -0.1) is 0 Å². The fourth-order valence-corrected chi connectivity index (χ4v) is 2.94. The van der Waals surface area contributed by atoms with Crippen LogP contribution in [0.2, 0.25) is 10.0 Å². The molecular weight excluding hydrogens is 432 g/mol. The highest BCUT2D eigenvalue weighted by Gasteiger charge is 2.21. The summed E-state index contributed by atoms with van der Waals surface area (Å²) in [5.74, 6) is -1.25. The Balaban J connectivity index is 2.20.